The summed E-state index contributed by atoms with van der Waals surface area (Å²) in [4.78, 5) is 0. The van der Waals surface area contributed by atoms with Gasteiger partial charge in [0.05, 0.1) is 0 Å². The Kier molecular flexibility index (Phi) is 2.37. The highest BCUT2D eigenvalue weighted by molar-refractivity contribution is 9.10. The van der Waals surface area contributed by atoms with Gasteiger partial charge in [-0.1, -0.05) is 15.9 Å². The molecule has 0 aliphatic heterocycles. The summed E-state index contributed by atoms with van der Waals surface area (Å²) in [6.45, 7) is 0. The molecule has 0 spiro atoms. The summed E-state index contributed by atoms with van der Waals surface area (Å²) in [6, 6.07) is 1.22. The first kappa shape index (κ1) is 9.13. The molecule has 0 aromatic heterocycles. The zero-order valence-electron chi connectivity index (χ0n) is 7.04. The van der Waals surface area contributed by atoms with E-state index in [0.717, 1.165) is 24.8 Å². The number of hydrogen-bond acceptors (Lipinski definition) is 0. The lowest BCUT2D eigenvalue weighted by molar-refractivity contribution is 0.486. The van der Waals surface area contributed by atoms with E-state index in [1.165, 1.54) is 6.07 Å². The van der Waals surface area contributed by atoms with E-state index in [2.05, 4.69) is 15.9 Å². The molecule has 0 nitrogen and oxygen atoms in total. The molecule has 0 N–H and O–H groups in total. The van der Waals surface area contributed by atoms with Crippen LogP contribution in [-0.2, 0) is 12.8 Å². The van der Waals surface area contributed by atoms with Crippen LogP contribution in [0, 0.1) is 11.6 Å². The SMILES string of the molecule is Fc1cc(Br)c2c(c1F)CCCC2. The number of hydrogen-bond donors (Lipinski definition) is 0. The molecule has 0 unspecified atom stereocenters. The second-order valence-corrected chi connectivity index (χ2v) is 4.17. The lowest BCUT2D eigenvalue weighted by Crippen LogP contribution is -2.08. The van der Waals surface area contributed by atoms with Crippen LogP contribution in [-0.4, -0.2) is 0 Å². The molecular formula is C10H9BrF2. The fourth-order valence-electron chi connectivity index (χ4n) is 1.82. The van der Waals surface area contributed by atoms with Gasteiger partial charge in [-0.05, 0) is 42.9 Å². The number of rotatable bonds is 0. The van der Waals surface area contributed by atoms with E-state index in [-0.39, 0.29) is 0 Å². The van der Waals surface area contributed by atoms with Crippen molar-refractivity contribution in [2.45, 2.75) is 25.7 Å². The Balaban J connectivity index is 2.63. The van der Waals surface area contributed by atoms with Crippen molar-refractivity contribution in [2.24, 2.45) is 0 Å². The molecule has 1 aromatic carbocycles. The van der Waals surface area contributed by atoms with Crippen molar-refractivity contribution >= 4 is 15.9 Å². The van der Waals surface area contributed by atoms with Crippen molar-refractivity contribution in [2.75, 3.05) is 0 Å². The molecule has 1 aliphatic carbocycles. The molecule has 0 heterocycles. The molecule has 0 bridgehead atoms. The predicted molar refractivity (Wildman–Crippen MR) is 50.7 cm³/mol. The molecule has 0 fully saturated rings. The van der Waals surface area contributed by atoms with E-state index in [4.69, 9.17) is 0 Å². The highest BCUT2D eigenvalue weighted by Crippen LogP contribution is 2.31. The van der Waals surface area contributed by atoms with Gasteiger partial charge in [-0.2, -0.15) is 0 Å². The molecular weight excluding hydrogens is 238 g/mol. The summed E-state index contributed by atoms with van der Waals surface area (Å²) >= 11 is 3.26. The summed E-state index contributed by atoms with van der Waals surface area (Å²) in [6.07, 6.45) is 3.54. The zero-order chi connectivity index (χ0) is 9.42. The van der Waals surface area contributed by atoms with Gasteiger partial charge in [0.1, 0.15) is 0 Å². The van der Waals surface area contributed by atoms with Crippen LogP contribution in [0.15, 0.2) is 10.5 Å². The van der Waals surface area contributed by atoms with E-state index in [1.807, 2.05) is 0 Å². The average Bonchev–Trinajstić information content (AvgIpc) is 2.15. The van der Waals surface area contributed by atoms with Crippen LogP contribution in [0.25, 0.3) is 0 Å². The summed E-state index contributed by atoms with van der Waals surface area (Å²) < 4.78 is 26.9. The molecule has 70 valence electrons. The Morgan fingerprint density at radius 1 is 1.08 bits per heavy atom. The van der Waals surface area contributed by atoms with Crippen LogP contribution < -0.4 is 0 Å². The van der Waals surface area contributed by atoms with E-state index in [0.29, 0.717) is 16.5 Å². The van der Waals surface area contributed by atoms with Gasteiger partial charge >= 0.3 is 0 Å². The van der Waals surface area contributed by atoms with Crippen LogP contribution in [0.1, 0.15) is 24.0 Å². The number of halogens is 3. The molecule has 0 saturated carbocycles. The topological polar surface area (TPSA) is 0 Å². The van der Waals surface area contributed by atoms with Crippen molar-refractivity contribution in [3.8, 4) is 0 Å². The molecule has 1 aromatic rings. The van der Waals surface area contributed by atoms with Crippen LogP contribution >= 0.6 is 15.9 Å². The van der Waals surface area contributed by atoms with Crippen LogP contribution in [0.3, 0.4) is 0 Å². The molecule has 0 saturated heterocycles. The molecule has 13 heavy (non-hydrogen) atoms. The first-order chi connectivity index (χ1) is 6.20. The van der Waals surface area contributed by atoms with E-state index in [9.17, 15) is 8.78 Å². The summed E-state index contributed by atoms with van der Waals surface area (Å²) in [5.41, 5.74) is 1.52. The molecule has 3 heteroatoms. The normalized spacial score (nSPS) is 15.6. The smallest absolute Gasteiger partial charge is 0.162 e. The largest absolute Gasteiger partial charge is 0.204 e. The maximum atomic E-state index is 13.3. The Hall–Kier alpha value is -0.440. The third-order valence-corrected chi connectivity index (χ3v) is 3.19. The third-order valence-electron chi connectivity index (χ3n) is 2.48. The molecule has 0 atom stereocenters. The first-order valence-corrected chi connectivity index (χ1v) is 5.14. The van der Waals surface area contributed by atoms with Crippen molar-refractivity contribution < 1.29 is 8.78 Å². The molecule has 0 amide bonds. The van der Waals surface area contributed by atoms with Crippen LogP contribution in [0.2, 0.25) is 0 Å². The van der Waals surface area contributed by atoms with Crippen LogP contribution in [0.5, 0.6) is 0 Å². The highest BCUT2D eigenvalue weighted by atomic mass is 79.9. The van der Waals surface area contributed by atoms with Gasteiger partial charge in [-0.15, -0.1) is 0 Å². The summed E-state index contributed by atoms with van der Waals surface area (Å²) in [5.74, 6) is -1.40. The summed E-state index contributed by atoms with van der Waals surface area (Å²) in [5, 5.41) is 0. The van der Waals surface area contributed by atoms with Gasteiger partial charge < -0.3 is 0 Å². The van der Waals surface area contributed by atoms with Crippen molar-refractivity contribution in [1.29, 1.82) is 0 Å². The van der Waals surface area contributed by atoms with Gasteiger partial charge in [0.25, 0.3) is 0 Å². The minimum atomic E-state index is -0.743. The number of fused-ring (bicyclic) bond motifs is 1. The Morgan fingerprint density at radius 3 is 2.38 bits per heavy atom. The minimum absolute atomic E-state index is 0.568. The van der Waals surface area contributed by atoms with Gasteiger partial charge in [0.2, 0.25) is 0 Å². The fourth-order valence-corrected chi connectivity index (χ4v) is 2.46. The quantitative estimate of drug-likeness (QED) is 0.614. The van der Waals surface area contributed by atoms with Gasteiger partial charge in [-0.25, -0.2) is 8.78 Å². The number of benzene rings is 1. The fraction of sp³-hybridized carbons (Fsp3) is 0.400. The van der Waals surface area contributed by atoms with Crippen molar-refractivity contribution in [3.05, 3.63) is 33.3 Å². The van der Waals surface area contributed by atoms with E-state index < -0.39 is 11.6 Å². The standard InChI is InChI=1S/C10H9BrF2/c11-8-5-9(12)10(13)7-4-2-1-3-6(7)8/h5H,1-4H2. The Morgan fingerprint density at radius 2 is 1.69 bits per heavy atom. The Bertz CT molecular complexity index is 347. The van der Waals surface area contributed by atoms with E-state index >= 15 is 0 Å². The lowest BCUT2D eigenvalue weighted by atomic mass is 9.91. The van der Waals surface area contributed by atoms with Gasteiger partial charge in [0, 0.05) is 4.47 Å². The Labute approximate surface area is 84.1 Å². The highest BCUT2D eigenvalue weighted by Gasteiger charge is 2.19. The second-order valence-electron chi connectivity index (χ2n) is 3.32. The summed E-state index contributed by atoms with van der Waals surface area (Å²) in [7, 11) is 0. The first-order valence-electron chi connectivity index (χ1n) is 4.35. The van der Waals surface area contributed by atoms with Gasteiger partial charge in [0.15, 0.2) is 11.6 Å². The lowest BCUT2D eigenvalue weighted by Gasteiger charge is -2.17. The average molecular weight is 247 g/mol. The van der Waals surface area contributed by atoms with Crippen molar-refractivity contribution in [3.63, 3.8) is 0 Å². The maximum Gasteiger partial charge on any atom is 0.162 e. The van der Waals surface area contributed by atoms with Crippen LogP contribution in [0.4, 0.5) is 8.78 Å². The second kappa shape index (κ2) is 3.37. The van der Waals surface area contributed by atoms with E-state index in [1.54, 1.807) is 0 Å². The molecule has 2 rings (SSSR count). The molecule has 1 aliphatic rings. The maximum absolute atomic E-state index is 13.3. The molecule has 0 radical (unpaired) electrons. The van der Waals surface area contributed by atoms with Gasteiger partial charge in [-0.3, -0.25) is 0 Å². The third kappa shape index (κ3) is 1.50. The zero-order valence-corrected chi connectivity index (χ0v) is 8.63. The monoisotopic (exact) mass is 246 g/mol. The minimum Gasteiger partial charge on any atom is -0.204 e. The van der Waals surface area contributed by atoms with Crippen molar-refractivity contribution in [1.82, 2.24) is 0 Å². The predicted octanol–water partition coefficient (Wildman–Crippen LogP) is 3.61.